The number of benzene rings is 1. The molecule has 0 bridgehead atoms. The lowest BCUT2D eigenvalue weighted by Gasteiger charge is -1.97. The average Bonchev–Trinajstić information content (AvgIpc) is 2.15. The van der Waals surface area contributed by atoms with Crippen LogP contribution in [0.1, 0.15) is 5.56 Å². The molecule has 0 radical (unpaired) electrons. The van der Waals surface area contributed by atoms with Crippen molar-refractivity contribution in [3.05, 3.63) is 35.9 Å². The highest BCUT2D eigenvalue weighted by atomic mass is 32.1. The molecule has 0 saturated carbocycles. The van der Waals surface area contributed by atoms with E-state index >= 15 is 0 Å². The summed E-state index contributed by atoms with van der Waals surface area (Å²) in [4.78, 5) is 9.99. The summed E-state index contributed by atoms with van der Waals surface area (Å²) in [5, 5.41) is 0. The van der Waals surface area contributed by atoms with Crippen LogP contribution in [-0.4, -0.2) is 6.29 Å². The molecular weight excluding hydrogens is 170 g/mol. The highest BCUT2D eigenvalue weighted by molar-refractivity contribution is 7.81. The topological polar surface area (TPSA) is 29.1 Å². The van der Waals surface area contributed by atoms with Crippen molar-refractivity contribution in [1.29, 1.82) is 0 Å². The van der Waals surface area contributed by atoms with E-state index in [0.717, 1.165) is 17.5 Å². The van der Waals surface area contributed by atoms with Gasteiger partial charge in [0.25, 0.3) is 0 Å². The number of carbonyl (C=O) groups excluding carboxylic acids is 1. The molecule has 0 aliphatic rings. The summed E-state index contributed by atoms with van der Waals surface area (Å²) in [5.74, 6) is 0. The minimum absolute atomic E-state index is 0.755. The summed E-state index contributed by atoms with van der Waals surface area (Å²) in [5.41, 5.74) is 1.93. The van der Waals surface area contributed by atoms with E-state index in [1.165, 1.54) is 6.08 Å². The van der Waals surface area contributed by atoms with Crippen LogP contribution in [0.3, 0.4) is 0 Å². The molecule has 0 spiro atoms. The Morgan fingerprint density at radius 2 is 1.92 bits per heavy atom. The number of hydrogen-bond donors (Lipinski definition) is 2. The Balaban J connectivity index is 2.77. The molecule has 0 unspecified atom stereocenters. The van der Waals surface area contributed by atoms with E-state index in [0.29, 0.717) is 0 Å². The first-order valence-corrected chi connectivity index (χ1v) is 3.93. The van der Waals surface area contributed by atoms with Crippen LogP contribution in [0.2, 0.25) is 0 Å². The second-order valence-electron chi connectivity index (χ2n) is 2.23. The van der Waals surface area contributed by atoms with E-state index in [9.17, 15) is 4.79 Å². The van der Waals surface area contributed by atoms with Gasteiger partial charge >= 0.3 is 0 Å². The predicted molar refractivity (Wildman–Crippen MR) is 54.1 cm³/mol. The second-order valence-corrected chi connectivity index (χ2v) is 2.45. The predicted octanol–water partition coefficient (Wildman–Crippen LogP) is 2.16. The zero-order valence-corrected chi connectivity index (χ0v) is 7.29. The van der Waals surface area contributed by atoms with Crippen molar-refractivity contribution in [2.45, 2.75) is 0 Å². The van der Waals surface area contributed by atoms with E-state index in [4.69, 9.17) is 0 Å². The van der Waals surface area contributed by atoms with Crippen molar-refractivity contribution in [3.63, 3.8) is 0 Å². The molecular formula is C9H9NOS. The first kappa shape index (κ1) is 8.87. The van der Waals surface area contributed by atoms with Crippen LogP contribution in [0.5, 0.6) is 0 Å². The Morgan fingerprint density at radius 3 is 2.42 bits per heavy atom. The molecule has 0 heterocycles. The highest BCUT2D eigenvalue weighted by Crippen LogP contribution is 2.10. The fourth-order valence-corrected chi connectivity index (χ4v) is 0.968. The van der Waals surface area contributed by atoms with Gasteiger partial charge in [-0.1, -0.05) is 31.0 Å². The minimum Gasteiger partial charge on any atom is -0.332 e. The number of anilines is 1. The largest absolute Gasteiger partial charge is 0.332 e. The zero-order chi connectivity index (χ0) is 8.81. The molecule has 62 valence electrons. The van der Waals surface area contributed by atoms with Gasteiger partial charge in [-0.3, -0.25) is 4.79 Å². The summed E-state index contributed by atoms with van der Waals surface area (Å²) in [6.07, 6.45) is 3.96. The summed E-state index contributed by atoms with van der Waals surface area (Å²) >= 11 is 3.89. The van der Waals surface area contributed by atoms with Crippen LogP contribution < -0.4 is 4.72 Å². The van der Waals surface area contributed by atoms with Crippen LogP contribution >= 0.6 is 12.8 Å². The average molecular weight is 179 g/mol. The van der Waals surface area contributed by atoms with Gasteiger partial charge in [0.15, 0.2) is 0 Å². The first-order chi connectivity index (χ1) is 5.86. The van der Waals surface area contributed by atoms with E-state index < -0.39 is 0 Å². The lowest BCUT2D eigenvalue weighted by molar-refractivity contribution is -0.104. The van der Waals surface area contributed by atoms with Crippen LogP contribution in [0.25, 0.3) is 6.08 Å². The number of carbonyl (C=O) groups is 1. The van der Waals surface area contributed by atoms with E-state index in [1.807, 2.05) is 24.3 Å². The molecule has 1 N–H and O–H groups in total. The maximum atomic E-state index is 9.99. The third kappa shape index (κ3) is 2.43. The quantitative estimate of drug-likeness (QED) is 0.423. The number of aldehydes is 1. The third-order valence-electron chi connectivity index (χ3n) is 1.41. The van der Waals surface area contributed by atoms with Crippen LogP contribution in [0, 0.1) is 0 Å². The molecule has 0 aliphatic carbocycles. The number of allylic oxidation sites excluding steroid dienone is 1. The molecule has 0 saturated heterocycles. The van der Waals surface area contributed by atoms with Gasteiger partial charge in [0, 0.05) is 5.69 Å². The molecule has 2 nitrogen and oxygen atoms in total. The number of hydrogen-bond acceptors (Lipinski definition) is 3. The maximum absolute atomic E-state index is 9.99. The fraction of sp³-hybridized carbons (Fsp3) is 0. The van der Waals surface area contributed by atoms with Crippen molar-refractivity contribution < 1.29 is 4.79 Å². The van der Waals surface area contributed by atoms with Gasteiger partial charge in [-0.25, -0.2) is 0 Å². The number of nitrogens with one attached hydrogen (secondary N) is 1. The number of thiol groups is 1. The SMILES string of the molecule is O=C/C=C/c1ccc(NS)cc1. The lowest BCUT2D eigenvalue weighted by atomic mass is 10.2. The van der Waals surface area contributed by atoms with E-state index in [2.05, 4.69) is 17.5 Å². The van der Waals surface area contributed by atoms with Crippen molar-refractivity contribution >= 4 is 30.9 Å². The lowest BCUT2D eigenvalue weighted by Crippen LogP contribution is -1.79. The first-order valence-electron chi connectivity index (χ1n) is 3.49. The van der Waals surface area contributed by atoms with Crippen molar-refractivity contribution in [2.24, 2.45) is 0 Å². The molecule has 3 heteroatoms. The van der Waals surface area contributed by atoms with Gasteiger partial charge in [-0.15, -0.1) is 0 Å². The monoisotopic (exact) mass is 179 g/mol. The van der Waals surface area contributed by atoms with E-state index in [-0.39, 0.29) is 0 Å². The Bertz CT molecular complexity index is 279. The summed E-state index contributed by atoms with van der Waals surface area (Å²) < 4.78 is 2.71. The molecule has 12 heavy (non-hydrogen) atoms. The zero-order valence-electron chi connectivity index (χ0n) is 6.40. The van der Waals surface area contributed by atoms with Gasteiger partial charge in [-0.05, 0) is 23.8 Å². The second kappa shape index (κ2) is 4.62. The fourth-order valence-electron chi connectivity index (χ4n) is 0.819. The molecule has 1 aromatic carbocycles. The normalized spacial score (nSPS) is 10.1. The molecule has 0 atom stereocenters. The van der Waals surface area contributed by atoms with Crippen molar-refractivity contribution in [1.82, 2.24) is 0 Å². The van der Waals surface area contributed by atoms with Crippen LogP contribution in [-0.2, 0) is 4.79 Å². The van der Waals surface area contributed by atoms with Gasteiger partial charge in [-0.2, -0.15) is 0 Å². The van der Waals surface area contributed by atoms with Crippen molar-refractivity contribution in [2.75, 3.05) is 4.72 Å². The number of rotatable bonds is 3. The molecule has 0 aromatic heterocycles. The Morgan fingerprint density at radius 1 is 1.25 bits per heavy atom. The smallest absolute Gasteiger partial charge is 0.142 e. The Kier molecular flexibility index (Phi) is 3.41. The van der Waals surface area contributed by atoms with Crippen LogP contribution in [0.15, 0.2) is 30.3 Å². The summed E-state index contributed by atoms with van der Waals surface area (Å²) in [6, 6.07) is 7.58. The van der Waals surface area contributed by atoms with Gasteiger partial charge < -0.3 is 4.72 Å². The molecule has 1 aromatic rings. The molecule has 0 aliphatic heterocycles. The van der Waals surface area contributed by atoms with Gasteiger partial charge in [0.05, 0.1) is 0 Å². The summed E-state index contributed by atoms with van der Waals surface area (Å²) in [6.45, 7) is 0. The van der Waals surface area contributed by atoms with Gasteiger partial charge in [0.1, 0.15) is 6.29 Å². The third-order valence-corrected chi connectivity index (χ3v) is 1.67. The van der Waals surface area contributed by atoms with E-state index in [1.54, 1.807) is 6.08 Å². The Labute approximate surface area is 76.8 Å². The molecule has 1 rings (SSSR count). The molecule has 0 fully saturated rings. The van der Waals surface area contributed by atoms with Crippen molar-refractivity contribution in [3.8, 4) is 0 Å². The molecule has 0 amide bonds. The van der Waals surface area contributed by atoms with Gasteiger partial charge in [0.2, 0.25) is 0 Å². The minimum atomic E-state index is 0.755. The highest BCUT2D eigenvalue weighted by Gasteiger charge is 1.87. The summed E-state index contributed by atoms with van der Waals surface area (Å²) in [7, 11) is 0. The maximum Gasteiger partial charge on any atom is 0.142 e. The Hall–Kier alpha value is -1.22. The van der Waals surface area contributed by atoms with Crippen LogP contribution in [0.4, 0.5) is 5.69 Å². The standard InChI is InChI=1S/C9H9NOS/c11-7-1-2-8-3-5-9(10-12)6-4-8/h1-7,10,12H/b2-1+.